The maximum atomic E-state index is 12.3. The van der Waals surface area contributed by atoms with Crippen LogP contribution in [0.4, 0.5) is 5.82 Å². The molecule has 1 aliphatic heterocycles. The van der Waals surface area contributed by atoms with Gasteiger partial charge in [0.2, 0.25) is 0 Å². The zero-order valence-electron chi connectivity index (χ0n) is 11.6. The van der Waals surface area contributed by atoms with Gasteiger partial charge in [-0.1, -0.05) is 6.92 Å². The fourth-order valence-electron chi connectivity index (χ4n) is 2.00. The smallest absolute Gasteiger partial charge is 0.274 e. The summed E-state index contributed by atoms with van der Waals surface area (Å²) in [4.78, 5) is 22.2. The van der Waals surface area contributed by atoms with Gasteiger partial charge in [0.1, 0.15) is 11.5 Å². The highest BCUT2D eigenvalue weighted by Gasteiger charge is 2.28. The summed E-state index contributed by atoms with van der Waals surface area (Å²) in [6, 6.07) is -0.309. The average molecular weight is 280 g/mol. The molecule has 0 bridgehead atoms. The quantitative estimate of drug-likeness (QED) is 0.797. The highest BCUT2D eigenvalue weighted by atomic mass is 16.5. The number of carbonyl (C=O) groups excluding carboxylic acids is 1. The van der Waals surface area contributed by atoms with Crippen LogP contribution in [0.5, 0.6) is 0 Å². The van der Waals surface area contributed by atoms with E-state index in [-0.39, 0.29) is 24.2 Å². The molecule has 0 aromatic carbocycles. The Morgan fingerprint density at radius 3 is 3.05 bits per heavy atom. The first-order chi connectivity index (χ1) is 9.76. The molecule has 2 heterocycles. The second kappa shape index (κ2) is 7.16. The molecule has 7 heteroatoms. The zero-order valence-corrected chi connectivity index (χ0v) is 11.6. The number of ether oxygens (including phenoxy) is 1. The average Bonchev–Trinajstić information content (AvgIpc) is 2.52. The Morgan fingerprint density at radius 2 is 2.40 bits per heavy atom. The molecule has 110 valence electrons. The van der Waals surface area contributed by atoms with Crippen LogP contribution in [0.2, 0.25) is 0 Å². The predicted octanol–water partition coefficient (Wildman–Crippen LogP) is 0.132. The van der Waals surface area contributed by atoms with E-state index >= 15 is 0 Å². The van der Waals surface area contributed by atoms with Crippen LogP contribution >= 0.6 is 0 Å². The van der Waals surface area contributed by atoms with Gasteiger partial charge in [-0.25, -0.2) is 9.97 Å². The van der Waals surface area contributed by atoms with Crippen molar-refractivity contribution in [2.75, 3.05) is 38.2 Å². The van der Waals surface area contributed by atoms with E-state index in [1.807, 2.05) is 0 Å². The Bertz CT molecular complexity index is 438. The summed E-state index contributed by atoms with van der Waals surface area (Å²) in [5.41, 5.74) is 0.285. The minimum atomic E-state index is -0.309. The molecular weight excluding hydrogens is 260 g/mol. The molecule has 1 unspecified atom stereocenters. The van der Waals surface area contributed by atoms with Gasteiger partial charge >= 0.3 is 0 Å². The second-order valence-corrected chi connectivity index (χ2v) is 4.62. The molecule has 1 aromatic rings. The van der Waals surface area contributed by atoms with Crippen LogP contribution in [0.3, 0.4) is 0 Å². The van der Waals surface area contributed by atoms with E-state index in [9.17, 15) is 9.90 Å². The van der Waals surface area contributed by atoms with E-state index in [0.29, 0.717) is 25.6 Å². The number of aliphatic hydroxyl groups is 1. The van der Waals surface area contributed by atoms with E-state index in [2.05, 4.69) is 22.2 Å². The summed E-state index contributed by atoms with van der Waals surface area (Å²) in [6.07, 6.45) is 4.01. The number of morpholine rings is 1. The van der Waals surface area contributed by atoms with Crippen molar-refractivity contribution in [2.45, 2.75) is 19.4 Å². The van der Waals surface area contributed by atoms with Gasteiger partial charge in [0.25, 0.3) is 5.91 Å². The highest BCUT2D eigenvalue weighted by Crippen LogP contribution is 2.11. The number of nitrogens with one attached hydrogen (secondary N) is 1. The van der Waals surface area contributed by atoms with Gasteiger partial charge in [0.15, 0.2) is 0 Å². The third kappa shape index (κ3) is 3.43. The Morgan fingerprint density at radius 1 is 1.55 bits per heavy atom. The molecule has 0 radical (unpaired) electrons. The number of aliphatic hydroxyl groups excluding tert-OH is 1. The number of rotatable bonds is 5. The van der Waals surface area contributed by atoms with Gasteiger partial charge < -0.3 is 20.1 Å². The molecule has 1 atom stereocenters. The van der Waals surface area contributed by atoms with Crippen molar-refractivity contribution in [2.24, 2.45) is 0 Å². The monoisotopic (exact) mass is 280 g/mol. The third-order valence-corrected chi connectivity index (χ3v) is 3.13. The minimum absolute atomic E-state index is 0.116. The number of hydrogen-bond acceptors (Lipinski definition) is 6. The summed E-state index contributed by atoms with van der Waals surface area (Å²) in [5, 5.41) is 12.4. The topological polar surface area (TPSA) is 87.6 Å². The molecule has 2 rings (SSSR count). The lowest BCUT2D eigenvalue weighted by molar-refractivity contribution is -0.0186. The van der Waals surface area contributed by atoms with Crippen molar-refractivity contribution in [3.8, 4) is 0 Å². The number of hydrogen-bond donors (Lipinski definition) is 2. The molecular formula is C13H20N4O3. The predicted molar refractivity (Wildman–Crippen MR) is 73.5 cm³/mol. The van der Waals surface area contributed by atoms with Gasteiger partial charge in [0, 0.05) is 13.1 Å². The zero-order chi connectivity index (χ0) is 14.4. The van der Waals surface area contributed by atoms with Crippen LogP contribution in [0.1, 0.15) is 23.8 Å². The normalized spacial score (nSPS) is 18.9. The van der Waals surface area contributed by atoms with E-state index in [4.69, 9.17) is 4.74 Å². The summed E-state index contributed by atoms with van der Waals surface area (Å²) in [6.45, 7) is 4.05. The van der Waals surface area contributed by atoms with E-state index < -0.39 is 0 Å². The van der Waals surface area contributed by atoms with Crippen LogP contribution < -0.4 is 5.32 Å². The van der Waals surface area contributed by atoms with Crippen LogP contribution in [-0.4, -0.2) is 64.8 Å². The van der Waals surface area contributed by atoms with Gasteiger partial charge in [-0.2, -0.15) is 0 Å². The maximum Gasteiger partial charge on any atom is 0.274 e. The molecule has 2 N–H and O–H groups in total. The van der Waals surface area contributed by atoms with Crippen LogP contribution in [-0.2, 0) is 4.74 Å². The van der Waals surface area contributed by atoms with E-state index in [1.54, 1.807) is 11.1 Å². The van der Waals surface area contributed by atoms with E-state index in [0.717, 1.165) is 13.0 Å². The first kappa shape index (κ1) is 14.7. The Labute approximate surface area is 118 Å². The van der Waals surface area contributed by atoms with Crippen molar-refractivity contribution in [3.63, 3.8) is 0 Å². The Kier molecular flexibility index (Phi) is 5.25. The fraction of sp³-hybridized carbons (Fsp3) is 0.615. The first-order valence-electron chi connectivity index (χ1n) is 6.81. The SMILES string of the molecule is CCCNc1cnc(C(=O)N2CCOCC2CO)cn1. The maximum absolute atomic E-state index is 12.3. The van der Waals surface area contributed by atoms with Gasteiger partial charge in [0.05, 0.1) is 38.3 Å². The molecule has 0 saturated carbocycles. The van der Waals surface area contributed by atoms with Crippen molar-refractivity contribution >= 4 is 11.7 Å². The van der Waals surface area contributed by atoms with Crippen LogP contribution in [0.25, 0.3) is 0 Å². The summed E-state index contributed by atoms with van der Waals surface area (Å²) < 4.78 is 5.25. The van der Waals surface area contributed by atoms with Gasteiger partial charge in [-0.05, 0) is 6.42 Å². The fourth-order valence-corrected chi connectivity index (χ4v) is 2.00. The standard InChI is InChI=1S/C13H20N4O3/c1-2-3-14-12-7-15-11(6-16-12)13(19)17-4-5-20-9-10(17)8-18/h6-7,10,18H,2-5,8-9H2,1H3,(H,14,16). The van der Waals surface area contributed by atoms with Crippen molar-refractivity contribution in [1.82, 2.24) is 14.9 Å². The van der Waals surface area contributed by atoms with E-state index in [1.165, 1.54) is 6.20 Å². The number of carbonyl (C=O) groups is 1. The molecule has 1 aliphatic rings. The van der Waals surface area contributed by atoms with Crippen molar-refractivity contribution in [3.05, 3.63) is 18.1 Å². The molecule has 7 nitrogen and oxygen atoms in total. The lowest BCUT2D eigenvalue weighted by atomic mass is 10.2. The largest absolute Gasteiger partial charge is 0.394 e. The molecule has 0 spiro atoms. The molecule has 20 heavy (non-hydrogen) atoms. The lowest BCUT2D eigenvalue weighted by Crippen LogP contribution is -2.50. The van der Waals surface area contributed by atoms with Gasteiger partial charge in [-0.3, -0.25) is 4.79 Å². The Balaban J connectivity index is 2.04. The van der Waals surface area contributed by atoms with Crippen molar-refractivity contribution < 1.29 is 14.6 Å². The number of nitrogens with zero attached hydrogens (tertiary/aromatic N) is 3. The third-order valence-electron chi connectivity index (χ3n) is 3.13. The number of anilines is 1. The van der Waals surface area contributed by atoms with Crippen LogP contribution in [0.15, 0.2) is 12.4 Å². The van der Waals surface area contributed by atoms with Crippen molar-refractivity contribution in [1.29, 1.82) is 0 Å². The molecule has 1 amide bonds. The number of amides is 1. The number of aromatic nitrogens is 2. The lowest BCUT2D eigenvalue weighted by Gasteiger charge is -2.34. The Hall–Kier alpha value is -1.73. The second-order valence-electron chi connectivity index (χ2n) is 4.62. The molecule has 1 aromatic heterocycles. The molecule has 1 fully saturated rings. The first-order valence-corrected chi connectivity index (χ1v) is 6.81. The summed E-state index contributed by atoms with van der Waals surface area (Å²) in [5.74, 6) is 0.436. The van der Waals surface area contributed by atoms with Crippen LogP contribution in [0, 0.1) is 0 Å². The molecule has 0 aliphatic carbocycles. The minimum Gasteiger partial charge on any atom is -0.394 e. The summed E-state index contributed by atoms with van der Waals surface area (Å²) >= 11 is 0. The highest BCUT2D eigenvalue weighted by molar-refractivity contribution is 5.92. The molecule has 1 saturated heterocycles. The van der Waals surface area contributed by atoms with Gasteiger partial charge in [-0.15, -0.1) is 0 Å². The summed E-state index contributed by atoms with van der Waals surface area (Å²) in [7, 11) is 0.